The summed E-state index contributed by atoms with van der Waals surface area (Å²) in [7, 11) is 0. The first-order valence-electron chi connectivity index (χ1n) is 6.71. The zero-order valence-electron chi connectivity index (χ0n) is 11.9. The molecule has 0 fully saturated rings. The summed E-state index contributed by atoms with van der Waals surface area (Å²) in [6, 6.07) is 15.5. The van der Waals surface area contributed by atoms with Crippen molar-refractivity contribution < 1.29 is 9.59 Å². The van der Waals surface area contributed by atoms with Crippen LogP contribution in [0.25, 0.3) is 0 Å². The number of hydrogen-bond donors (Lipinski definition) is 2. The van der Waals surface area contributed by atoms with Crippen LogP contribution in [0.4, 0.5) is 10.5 Å². The van der Waals surface area contributed by atoms with Gasteiger partial charge >= 0.3 is 6.03 Å². The molecule has 2 aromatic carbocycles. The summed E-state index contributed by atoms with van der Waals surface area (Å²) in [5.74, 6) is 0.304. The van der Waals surface area contributed by atoms with Gasteiger partial charge in [0.2, 0.25) is 0 Å². The summed E-state index contributed by atoms with van der Waals surface area (Å²) in [6.07, 6.45) is 1.79. The molecular formula is C17H16N2O2S. The van der Waals surface area contributed by atoms with E-state index in [4.69, 9.17) is 0 Å². The van der Waals surface area contributed by atoms with E-state index in [2.05, 4.69) is 17.2 Å². The van der Waals surface area contributed by atoms with E-state index in [-0.39, 0.29) is 0 Å². The summed E-state index contributed by atoms with van der Waals surface area (Å²) in [4.78, 5) is 24.8. The SMILES string of the molecule is C=CCSc1ccccc1NC(=O)NC(=O)c1ccccc1. The molecule has 0 aliphatic heterocycles. The molecular weight excluding hydrogens is 296 g/mol. The highest BCUT2D eigenvalue weighted by Crippen LogP contribution is 2.26. The molecule has 0 heterocycles. The summed E-state index contributed by atoms with van der Waals surface area (Å²) in [5, 5.41) is 5.00. The molecule has 22 heavy (non-hydrogen) atoms. The molecule has 0 radical (unpaired) electrons. The highest BCUT2D eigenvalue weighted by Gasteiger charge is 2.11. The molecule has 0 aliphatic carbocycles. The topological polar surface area (TPSA) is 58.2 Å². The molecule has 0 unspecified atom stereocenters. The number of thioether (sulfide) groups is 1. The third-order valence-corrected chi connectivity index (χ3v) is 3.82. The molecule has 0 spiro atoms. The van der Waals surface area contributed by atoms with Crippen molar-refractivity contribution in [3.63, 3.8) is 0 Å². The Labute approximate surface area is 133 Å². The number of amides is 3. The van der Waals surface area contributed by atoms with Gasteiger partial charge in [0.1, 0.15) is 0 Å². The first-order chi connectivity index (χ1) is 10.7. The van der Waals surface area contributed by atoms with Gasteiger partial charge in [-0.05, 0) is 24.3 Å². The number of carbonyl (C=O) groups is 2. The second-order valence-corrected chi connectivity index (χ2v) is 5.43. The first-order valence-corrected chi connectivity index (χ1v) is 7.69. The quantitative estimate of drug-likeness (QED) is 0.650. The smallest absolute Gasteiger partial charge is 0.307 e. The van der Waals surface area contributed by atoms with E-state index >= 15 is 0 Å². The van der Waals surface area contributed by atoms with Crippen molar-refractivity contribution in [1.29, 1.82) is 0 Å². The van der Waals surface area contributed by atoms with E-state index in [1.807, 2.05) is 24.3 Å². The number of benzene rings is 2. The standard InChI is InChI=1S/C17H16N2O2S/c1-2-12-22-15-11-7-6-10-14(15)18-17(21)19-16(20)13-8-4-3-5-9-13/h2-11H,1,12H2,(H2,18,19,20,21). The van der Waals surface area contributed by atoms with Crippen molar-refractivity contribution >= 4 is 29.4 Å². The Balaban J connectivity index is 2.00. The van der Waals surface area contributed by atoms with Crippen molar-refractivity contribution in [2.45, 2.75) is 4.90 Å². The zero-order chi connectivity index (χ0) is 15.8. The number of hydrogen-bond acceptors (Lipinski definition) is 3. The van der Waals surface area contributed by atoms with Crippen LogP contribution in [0.1, 0.15) is 10.4 Å². The van der Waals surface area contributed by atoms with E-state index in [1.54, 1.807) is 48.2 Å². The molecule has 5 heteroatoms. The molecule has 2 aromatic rings. The van der Waals surface area contributed by atoms with Crippen LogP contribution in [0.15, 0.2) is 72.1 Å². The molecule has 2 N–H and O–H groups in total. The highest BCUT2D eigenvalue weighted by molar-refractivity contribution is 7.99. The summed E-state index contributed by atoms with van der Waals surface area (Å²) >= 11 is 1.56. The van der Waals surface area contributed by atoms with Crippen LogP contribution in [0.5, 0.6) is 0 Å². The first kappa shape index (κ1) is 15.9. The van der Waals surface area contributed by atoms with Crippen LogP contribution in [0, 0.1) is 0 Å². The molecule has 0 aromatic heterocycles. The van der Waals surface area contributed by atoms with E-state index in [1.165, 1.54) is 0 Å². The predicted octanol–water partition coefficient (Wildman–Crippen LogP) is 3.93. The fraction of sp³-hybridized carbons (Fsp3) is 0.0588. The number of para-hydroxylation sites is 1. The Hall–Kier alpha value is -2.53. The van der Waals surface area contributed by atoms with Crippen LogP contribution < -0.4 is 10.6 Å². The van der Waals surface area contributed by atoms with Crippen LogP contribution >= 0.6 is 11.8 Å². The van der Waals surface area contributed by atoms with Gasteiger partial charge in [0.25, 0.3) is 5.91 Å². The Bertz CT molecular complexity index is 671. The van der Waals surface area contributed by atoms with Gasteiger partial charge in [-0.15, -0.1) is 18.3 Å². The van der Waals surface area contributed by atoms with Crippen molar-refractivity contribution in [2.75, 3.05) is 11.1 Å². The van der Waals surface area contributed by atoms with Gasteiger partial charge < -0.3 is 5.32 Å². The van der Waals surface area contributed by atoms with Crippen LogP contribution in [0.2, 0.25) is 0 Å². The molecule has 0 saturated carbocycles. The van der Waals surface area contributed by atoms with E-state index in [0.717, 1.165) is 10.6 Å². The third-order valence-electron chi connectivity index (χ3n) is 2.75. The Morgan fingerprint density at radius 3 is 2.45 bits per heavy atom. The Kier molecular flexibility index (Phi) is 5.80. The molecule has 3 amide bonds. The molecule has 2 rings (SSSR count). The predicted molar refractivity (Wildman–Crippen MR) is 90.3 cm³/mol. The summed E-state index contributed by atoms with van der Waals surface area (Å²) < 4.78 is 0. The van der Waals surface area contributed by atoms with E-state index in [9.17, 15) is 9.59 Å². The molecule has 0 saturated heterocycles. The lowest BCUT2D eigenvalue weighted by Gasteiger charge is -2.10. The number of rotatable bonds is 5. The van der Waals surface area contributed by atoms with Gasteiger partial charge in [-0.2, -0.15) is 0 Å². The third kappa shape index (κ3) is 4.49. The lowest BCUT2D eigenvalue weighted by molar-refractivity contribution is 0.0967. The van der Waals surface area contributed by atoms with Crippen LogP contribution in [-0.4, -0.2) is 17.7 Å². The highest BCUT2D eigenvalue weighted by atomic mass is 32.2. The second-order valence-electron chi connectivity index (χ2n) is 4.37. The number of imide groups is 1. The maximum atomic E-state index is 11.9. The van der Waals surface area contributed by atoms with Crippen molar-refractivity contribution in [3.05, 3.63) is 72.8 Å². The maximum Gasteiger partial charge on any atom is 0.326 e. The lowest BCUT2D eigenvalue weighted by Crippen LogP contribution is -2.34. The summed E-state index contributed by atoms with van der Waals surface area (Å²) in [5.41, 5.74) is 1.10. The van der Waals surface area contributed by atoms with Gasteiger partial charge in [-0.25, -0.2) is 4.79 Å². The average Bonchev–Trinajstić information content (AvgIpc) is 2.54. The van der Waals surface area contributed by atoms with Crippen molar-refractivity contribution in [1.82, 2.24) is 5.32 Å². The lowest BCUT2D eigenvalue weighted by atomic mass is 10.2. The fourth-order valence-electron chi connectivity index (χ4n) is 1.76. The minimum absolute atomic E-state index is 0.436. The molecule has 112 valence electrons. The fourth-order valence-corrected chi connectivity index (χ4v) is 2.51. The monoisotopic (exact) mass is 312 g/mol. The number of carbonyl (C=O) groups excluding carboxylic acids is 2. The van der Waals surface area contributed by atoms with Crippen LogP contribution in [-0.2, 0) is 0 Å². The number of anilines is 1. The van der Waals surface area contributed by atoms with E-state index in [0.29, 0.717) is 11.3 Å². The Morgan fingerprint density at radius 1 is 1.05 bits per heavy atom. The second kappa shape index (κ2) is 8.05. The van der Waals surface area contributed by atoms with Gasteiger partial charge in [-0.3, -0.25) is 10.1 Å². The largest absolute Gasteiger partial charge is 0.326 e. The van der Waals surface area contributed by atoms with Crippen LogP contribution in [0.3, 0.4) is 0 Å². The average molecular weight is 312 g/mol. The molecule has 4 nitrogen and oxygen atoms in total. The van der Waals surface area contributed by atoms with Gasteiger partial charge in [0, 0.05) is 16.2 Å². The number of nitrogens with one attached hydrogen (secondary N) is 2. The zero-order valence-corrected chi connectivity index (χ0v) is 12.7. The summed E-state index contributed by atoms with van der Waals surface area (Å²) in [6.45, 7) is 3.67. The minimum Gasteiger partial charge on any atom is -0.307 e. The van der Waals surface area contributed by atoms with Gasteiger partial charge in [0.05, 0.1) is 5.69 Å². The van der Waals surface area contributed by atoms with E-state index < -0.39 is 11.9 Å². The minimum atomic E-state index is -0.555. The normalized spacial score (nSPS) is 9.82. The Morgan fingerprint density at radius 2 is 1.73 bits per heavy atom. The molecule has 0 atom stereocenters. The van der Waals surface area contributed by atoms with Crippen molar-refractivity contribution in [3.8, 4) is 0 Å². The van der Waals surface area contributed by atoms with Crippen molar-refractivity contribution in [2.24, 2.45) is 0 Å². The number of urea groups is 1. The molecule has 0 aliphatic rings. The van der Waals surface area contributed by atoms with Gasteiger partial charge in [0.15, 0.2) is 0 Å². The van der Waals surface area contributed by atoms with Gasteiger partial charge in [-0.1, -0.05) is 36.4 Å². The molecule has 0 bridgehead atoms. The maximum absolute atomic E-state index is 11.9.